The Bertz CT molecular complexity index is 1280. The molecule has 4 saturated carbocycles. The normalized spacial score (nSPS) is 51.0. The molecule has 4 heteroatoms. The van der Waals surface area contributed by atoms with Crippen LogP contribution in [0.25, 0.3) is 0 Å². The molecule has 0 radical (unpaired) electrons. The van der Waals surface area contributed by atoms with E-state index in [0.29, 0.717) is 59.2 Å². The van der Waals surface area contributed by atoms with Crippen LogP contribution in [-0.4, -0.2) is 23.1 Å². The molecular formula is C40H60O4. The third kappa shape index (κ3) is 3.93. The highest BCUT2D eigenvalue weighted by Crippen LogP contribution is 2.74. The summed E-state index contributed by atoms with van der Waals surface area (Å²) in [5.74, 6) is 5.11. The lowest BCUT2D eigenvalue weighted by molar-refractivity contribution is -0.200. The summed E-state index contributed by atoms with van der Waals surface area (Å²) >= 11 is 0. The molecule has 0 saturated heterocycles. The summed E-state index contributed by atoms with van der Waals surface area (Å²) in [5, 5.41) is 10.8. The second-order valence-electron chi connectivity index (χ2n) is 18.5. The smallest absolute Gasteiger partial charge is 0.309 e. The maximum atomic E-state index is 13.1. The van der Waals surface area contributed by atoms with E-state index in [1.165, 1.54) is 32.1 Å². The Morgan fingerprint density at radius 3 is 2.30 bits per heavy atom. The number of hydrogen-bond donors (Lipinski definition) is 1. The van der Waals surface area contributed by atoms with Crippen LogP contribution in [0.5, 0.6) is 0 Å². The molecular weight excluding hydrogens is 544 g/mol. The molecule has 7 aliphatic rings. The first-order valence-electron chi connectivity index (χ1n) is 18.5. The maximum Gasteiger partial charge on any atom is 0.309 e. The molecule has 4 nitrogen and oxygen atoms in total. The number of fused-ring (bicyclic) bond motifs is 6. The van der Waals surface area contributed by atoms with Gasteiger partial charge in [0, 0.05) is 5.92 Å². The van der Waals surface area contributed by atoms with Crippen LogP contribution in [-0.2, 0) is 14.3 Å². The van der Waals surface area contributed by atoms with E-state index in [4.69, 9.17) is 4.74 Å². The topological polar surface area (TPSA) is 63.6 Å². The third-order valence-corrected chi connectivity index (χ3v) is 16.2. The van der Waals surface area contributed by atoms with Gasteiger partial charge in [0.15, 0.2) is 0 Å². The minimum absolute atomic E-state index is 0.00514. The number of allylic oxidation sites excluding steroid dienone is 4. The molecule has 7 aliphatic carbocycles. The zero-order chi connectivity index (χ0) is 31.6. The lowest BCUT2D eigenvalue weighted by atomic mass is 9.35. The Kier molecular flexibility index (Phi) is 7.20. The van der Waals surface area contributed by atoms with Crippen LogP contribution >= 0.6 is 0 Å². The summed E-state index contributed by atoms with van der Waals surface area (Å²) in [5.41, 5.74) is 4.22. The van der Waals surface area contributed by atoms with Crippen molar-refractivity contribution in [3.8, 4) is 0 Å². The standard InChI is InChI=1S/C40H60O4/c1-22(2)24-12-14-29-35-27(20-31-38(29,6)16-10-18-40(31,8)44-21-41)33-25(23(3)4)11-13-28-34(33)26(32(24)35)19-30-37(28,5)15-9-17-39(30,7)36(42)43/h19,21-25,27-32,35H,9-18,20H2,1-8H3,(H,42,43). The van der Waals surface area contributed by atoms with Crippen LogP contribution in [0.1, 0.15) is 126 Å². The van der Waals surface area contributed by atoms with E-state index in [9.17, 15) is 14.7 Å². The quantitative estimate of drug-likeness (QED) is 0.318. The SMILES string of the molecule is CC(C)C1CCC2C3=C1C1CC4C(C)(OC=O)CCCC4(C)C4CCC(C(C)C)C(C3=CC3C(C)(C(=O)O)CCCC23C)C14. The molecule has 0 aromatic rings. The fraction of sp³-hybridized carbons (Fsp3) is 0.850. The molecule has 13 atom stereocenters. The Hall–Kier alpha value is -1.58. The van der Waals surface area contributed by atoms with Crippen molar-refractivity contribution in [3.63, 3.8) is 0 Å². The van der Waals surface area contributed by atoms with Crippen LogP contribution in [0.2, 0.25) is 0 Å². The van der Waals surface area contributed by atoms with Gasteiger partial charge in [-0.05, 0) is 159 Å². The zero-order valence-electron chi connectivity index (χ0n) is 29.0. The first kappa shape index (κ1) is 31.0. The van der Waals surface area contributed by atoms with Crippen LogP contribution in [0.4, 0.5) is 0 Å². The predicted octanol–water partition coefficient (Wildman–Crippen LogP) is 9.49. The first-order valence-corrected chi connectivity index (χ1v) is 18.5. The van der Waals surface area contributed by atoms with Gasteiger partial charge in [0.1, 0.15) is 5.60 Å². The molecule has 244 valence electrons. The molecule has 0 aromatic carbocycles. The second kappa shape index (κ2) is 10.2. The van der Waals surface area contributed by atoms with E-state index in [1.807, 2.05) is 0 Å². The Morgan fingerprint density at radius 1 is 0.932 bits per heavy atom. The van der Waals surface area contributed by atoms with Crippen LogP contribution in [0.15, 0.2) is 22.8 Å². The minimum atomic E-state index is -0.695. The maximum absolute atomic E-state index is 13.1. The highest BCUT2D eigenvalue weighted by molar-refractivity contribution is 5.76. The van der Waals surface area contributed by atoms with Gasteiger partial charge in [-0.3, -0.25) is 9.59 Å². The molecule has 4 fully saturated rings. The molecule has 0 aromatic heterocycles. The summed E-state index contributed by atoms with van der Waals surface area (Å²) in [6.45, 7) is 20.0. The van der Waals surface area contributed by atoms with E-state index in [0.717, 1.165) is 45.0 Å². The van der Waals surface area contributed by atoms with Gasteiger partial charge in [0.05, 0.1) is 5.41 Å². The molecule has 0 aliphatic heterocycles. The van der Waals surface area contributed by atoms with Crippen molar-refractivity contribution >= 4 is 12.4 Å². The number of aliphatic carboxylic acids is 1. The Balaban J connectivity index is 1.50. The molecule has 7 rings (SSSR count). The van der Waals surface area contributed by atoms with Crippen molar-refractivity contribution in [2.24, 2.45) is 81.3 Å². The molecule has 13 unspecified atom stereocenters. The van der Waals surface area contributed by atoms with E-state index in [-0.39, 0.29) is 22.3 Å². The van der Waals surface area contributed by atoms with Gasteiger partial charge in [-0.2, -0.15) is 0 Å². The average Bonchev–Trinajstić information content (AvgIpc) is 2.96. The Morgan fingerprint density at radius 2 is 1.64 bits per heavy atom. The van der Waals surface area contributed by atoms with Gasteiger partial charge in [-0.1, -0.05) is 59.6 Å². The number of carbonyl (C=O) groups is 2. The molecule has 1 N–H and O–H groups in total. The van der Waals surface area contributed by atoms with Gasteiger partial charge >= 0.3 is 5.97 Å². The summed E-state index contributed by atoms with van der Waals surface area (Å²) in [4.78, 5) is 25.1. The number of carboxylic acid groups (broad SMARTS) is 1. The van der Waals surface area contributed by atoms with Crippen LogP contribution < -0.4 is 0 Å². The number of hydrogen-bond acceptors (Lipinski definition) is 3. The Labute approximate surface area is 267 Å². The van der Waals surface area contributed by atoms with Crippen molar-refractivity contribution in [1.82, 2.24) is 0 Å². The van der Waals surface area contributed by atoms with Crippen molar-refractivity contribution in [2.45, 2.75) is 132 Å². The van der Waals surface area contributed by atoms with E-state index < -0.39 is 11.4 Å². The lowest BCUT2D eigenvalue weighted by Gasteiger charge is -2.69. The van der Waals surface area contributed by atoms with E-state index in [2.05, 4.69) is 61.5 Å². The van der Waals surface area contributed by atoms with Crippen molar-refractivity contribution in [3.05, 3.63) is 22.8 Å². The average molecular weight is 605 g/mol. The lowest BCUT2D eigenvalue weighted by Crippen LogP contribution is -2.64. The first-order chi connectivity index (χ1) is 20.7. The van der Waals surface area contributed by atoms with E-state index >= 15 is 0 Å². The molecule has 0 amide bonds. The number of ether oxygens (including phenoxy) is 1. The minimum Gasteiger partial charge on any atom is -0.481 e. The molecule has 44 heavy (non-hydrogen) atoms. The number of carbonyl (C=O) groups excluding carboxylic acids is 1. The monoisotopic (exact) mass is 604 g/mol. The van der Waals surface area contributed by atoms with Gasteiger partial charge in [0.25, 0.3) is 6.47 Å². The molecule has 0 bridgehead atoms. The van der Waals surface area contributed by atoms with Crippen LogP contribution in [0, 0.1) is 81.3 Å². The fourth-order valence-corrected chi connectivity index (χ4v) is 14.3. The highest BCUT2D eigenvalue weighted by atomic mass is 16.5. The van der Waals surface area contributed by atoms with Crippen molar-refractivity contribution < 1.29 is 19.4 Å². The number of carboxylic acids is 1. The van der Waals surface area contributed by atoms with Gasteiger partial charge < -0.3 is 9.84 Å². The van der Waals surface area contributed by atoms with Crippen molar-refractivity contribution in [1.29, 1.82) is 0 Å². The largest absolute Gasteiger partial charge is 0.481 e. The molecule has 0 heterocycles. The van der Waals surface area contributed by atoms with Gasteiger partial charge in [-0.15, -0.1) is 0 Å². The summed E-state index contributed by atoms with van der Waals surface area (Å²) in [6.07, 6.45) is 15.1. The predicted molar refractivity (Wildman–Crippen MR) is 174 cm³/mol. The van der Waals surface area contributed by atoms with Crippen molar-refractivity contribution in [2.75, 3.05) is 0 Å². The fourth-order valence-electron chi connectivity index (χ4n) is 14.3. The highest BCUT2D eigenvalue weighted by Gasteiger charge is 2.68. The van der Waals surface area contributed by atoms with Crippen LogP contribution in [0.3, 0.4) is 0 Å². The number of rotatable bonds is 5. The third-order valence-electron chi connectivity index (χ3n) is 16.2. The van der Waals surface area contributed by atoms with Gasteiger partial charge in [-0.25, -0.2) is 0 Å². The van der Waals surface area contributed by atoms with Gasteiger partial charge in [0.2, 0.25) is 0 Å². The molecule has 0 spiro atoms. The van der Waals surface area contributed by atoms with E-state index in [1.54, 1.807) is 16.7 Å². The second-order valence-corrected chi connectivity index (χ2v) is 18.5. The summed E-state index contributed by atoms with van der Waals surface area (Å²) in [6, 6.07) is 0. The summed E-state index contributed by atoms with van der Waals surface area (Å²) in [7, 11) is 0. The summed E-state index contributed by atoms with van der Waals surface area (Å²) < 4.78 is 6.14. The zero-order valence-corrected chi connectivity index (χ0v) is 29.0.